The fraction of sp³-hybridized carbons (Fsp3) is 0.0588. The van der Waals surface area contributed by atoms with E-state index in [1.165, 1.54) is 99.1 Å². The van der Waals surface area contributed by atoms with Crippen LogP contribution in [0.2, 0.25) is 0 Å². The van der Waals surface area contributed by atoms with Crippen LogP contribution < -0.4 is 9.80 Å². The number of rotatable bonds is 10. The Morgan fingerprint density at radius 2 is 0.543 bits per heavy atom. The van der Waals surface area contributed by atoms with E-state index in [2.05, 4.69) is 280 Å². The van der Waals surface area contributed by atoms with Crippen molar-refractivity contribution < 1.29 is 0 Å². The van der Waals surface area contributed by atoms with E-state index in [1.54, 1.807) is 0 Å². The average molecular weight is 897 g/mol. The topological polar surface area (TPSA) is 6.48 Å². The largest absolute Gasteiger partial charge is 0.310 e. The minimum absolute atomic E-state index is 1.11. The monoisotopic (exact) mass is 896 g/mol. The number of hydrogen-bond acceptors (Lipinski definition) is 2. The Kier molecular flexibility index (Phi) is 10.8. The maximum absolute atomic E-state index is 2.50. The molecule has 0 N–H and O–H groups in total. The van der Waals surface area contributed by atoms with Crippen LogP contribution >= 0.6 is 0 Å². The lowest BCUT2D eigenvalue weighted by Gasteiger charge is -2.31. The third kappa shape index (κ3) is 7.74. The minimum atomic E-state index is 1.11. The van der Waals surface area contributed by atoms with Gasteiger partial charge in [0, 0.05) is 33.5 Å². The summed E-state index contributed by atoms with van der Waals surface area (Å²) in [6.45, 7) is 8.85. The van der Waals surface area contributed by atoms with Crippen molar-refractivity contribution in [3.8, 4) is 44.5 Å². The van der Waals surface area contributed by atoms with Gasteiger partial charge in [-0.3, -0.25) is 0 Å². The van der Waals surface area contributed by atoms with Crippen molar-refractivity contribution in [1.82, 2.24) is 0 Å². The first-order valence-electron chi connectivity index (χ1n) is 24.3. The van der Waals surface area contributed by atoms with Gasteiger partial charge in [-0.05, 0) is 166 Å². The lowest BCUT2D eigenvalue weighted by atomic mass is 9.91. The van der Waals surface area contributed by atoms with Crippen molar-refractivity contribution in [2.24, 2.45) is 0 Å². The molecule has 2 nitrogen and oxygen atoms in total. The first-order chi connectivity index (χ1) is 34.3. The molecule has 0 saturated heterocycles. The molecule has 12 rings (SSSR count). The van der Waals surface area contributed by atoms with Crippen molar-refractivity contribution in [1.29, 1.82) is 0 Å². The molecule has 0 heterocycles. The maximum atomic E-state index is 2.50. The summed E-state index contributed by atoms with van der Waals surface area (Å²) in [6.07, 6.45) is 0. The molecule has 0 aromatic heterocycles. The van der Waals surface area contributed by atoms with Gasteiger partial charge in [0.05, 0.1) is 11.4 Å². The summed E-state index contributed by atoms with van der Waals surface area (Å²) in [5, 5.41) is 7.36. The molecule has 2 heteroatoms. The van der Waals surface area contributed by atoms with E-state index in [0.29, 0.717) is 0 Å². The summed E-state index contributed by atoms with van der Waals surface area (Å²) in [7, 11) is 0. The van der Waals surface area contributed by atoms with Gasteiger partial charge in [0.2, 0.25) is 0 Å². The first-order valence-corrected chi connectivity index (χ1v) is 24.3. The number of nitrogens with zero attached hydrogens (tertiary/aromatic N) is 2. The van der Waals surface area contributed by atoms with Crippen molar-refractivity contribution in [3.63, 3.8) is 0 Å². The zero-order chi connectivity index (χ0) is 47.3. The molecule has 12 aromatic rings. The molecule has 0 amide bonds. The SMILES string of the molecule is Cc1ccc(N(c2cc(-c3ccccc3)cc(-c3ccccc3)c2)c2ccc3ccc4c(N(c5cc(-c6ccccc6)cc(-c6ccccc6)c5)c5ccc(C)cc5C)ccc5ccc2c3c54)c(C)c1. The van der Waals surface area contributed by atoms with Crippen molar-refractivity contribution in [3.05, 3.63) is 265 Å². The molecule has 12 aromatic carbocycles. The Labute approximate surface area is 411 Å². The number of anilines is 6. The highest BCUT2D eigenvalue weighted by Gasteiger charge is 2.25. The first kappa shape index (κ1) is 42.6. The van der Waals surface area contributed by atoms with Gasteiger partial charge < -0.3 is 9.80 Å². The second-order valence-electron chi connectivity index (χ2n) is 18.8. The van der Waals surface area contributed by atoms with Crippen LogP contribution in [0.15, 0.2) is 243 Å². The Balaban J connectivity index is 1.12. The van der Waals surface area contributed by atoms with Gasteiger partial charge in [-0.1, -0.05) is 193 Å². The van der Waals surface area contributed by atoms with E-state index in [4.69, 9.17) is 0 Å². The second-order valence-corrected chi connectivity index (χ2v) is 18.8. The van der Waals surface area contributed by atoms with E-state index in [-0.39, 0.29) is 0 Å². The van der Waals surface area contributed by atoms with Crippen LogP contribution in [0, 0.1) is 27.7 Å². The molecule has 70 heavy (non-hydrogen) atoms. The van der Waals surface area contributed by atoms with Gasteiger partial charge >= 0.3 is 0 Å². The maximum Gasteiger partial charge on any atom is 0.0540 e. The molecule has 0 aliphatic heterocycles. The molecular weight excluding hydrogens is 845 g/mol. The Bertz CT molecular complexity index is 3490. The second kappa shape index (κ2) is 17.7. The van der Waals surface area contributed by atoms with E-state index >= 15 is 0 Å². The Morgan fingerprint density at radius 3 is 0.857 bits per heavy atom. The van der Waals surface area contributed by atoms with Crippen molar-refractivity contribution in [2.75, 3.05) is 9.80 Å². The highest BCUT2D eigenvalue weighted by molar-refractivity contribution is 6.28. The van der Waals surface area contributed by atoms with Crippen LogP contribution in [0.3, 0.4) is 0 Å². The van der Waals surface area contributed by atoms with Crippen LogP contribution in [0.25, 0.3) is 76.8 Å². The lowest BCUT2D eigenvalue weighted by molar-refractivity contribution is 1.25. The molecule has 0 saturated carbocycles. The smallest absolute Gasteiger partial charge is 0.0540 e. The van der Waals surface area contributed by atoms with Crippen molar-refractivity contribution in [2.45, 2.75) is 27.7 Å². The molecule has 0 unspecified atom stereocenters. The number of hydrogen-bond donors (Lipinski definition) is 0. The Morgan fingerprint density at radius 1 is 0.243 bits per heavy atom. The highest BCUT2D eigenvalue weighted by Crippen LogP contribution is 2.50. The third-order valence-electron chi connectivity index (χ3n) is 14.1. The normalized spacial score (nSPS) is 11.4. The average Bonchev–Trinajstić information content (AvgIpc) is 3.41. The molecular formula is C68H52N2. The summed E-state index contributed by atoms with van der Waals surface area (Å²) in [5.41, 5.74) is 21.1. The predicted octanol–water partition coefficient (Wildman–Crippen LogP) is 19.4. The zero-order valence-electron chi connectivity index (χ0n) is 40.0. The number of benzene rings is 12. The predicted molar refractivity (Wildman–Crippen MR) is 300 cm³/mol. The number of aryl methyl sites for hydroxylation is 4. The van der Waals surface area contributed by atoms with Crippen LogP contribution in [0.4, 0.5) is 34.1 Å². The van der Waals surface area contributed by atoms with E-state index < -0.39 is 0 Å². The molecule has 0 fully saturated rings. The standard InChI is InChI=1S/C68H52N2/c1-45-25-33-63(47(3)37-45)69(59-41-55(49-17-9-5-10-18-49)39-56(42-59)50-19-11-6-12-20-50)65-35-29-53-28-32-62-66(36-30-54-27-31-61(65)67(53)68(54)62)70(64-34-26-46(2)38-48(64)4)60-43-57(51-21-13-7-14-22-51)40-58(44-60)52-23-15-8-16-24-52/h5-44H,1-4H3. The quantitative estimate of drug-likeness (QED) is 0.126. The van der Waals surface area contributed by atoms with Gasteiger partial charge in [-0.15, -0.1) is 0 Å². The molecule has 0 radical (unpaired) electrons. The molecule has 0 atom stereocenters. The van der Waals surface area contributed by atoms with Crippen LogP contribution in [-0.4, -0.2) is 0 Å². The van der Waals surface area contributed by atoms with Crippen molar-refractivity contribution >= 4 is 66.4 Å². The molecule has 0 aliphatic rings. The zero-order valence-corrected chi connectivity index (χ0v) is 40.0. The van der Waals surface area contributed by atoms with E-state index in [9.17, 15) is 0 Å². The molecule has 0 spiro atoms. The van der Waals surface area contributed by atoms with Gasteiger partial charge in [0.1, 0.15) is 0 Å². The van der Waals surface area contributed by atoms with Gasteiger partial charge in [0.15, 0.2) is 0 Å². The lowest BCUT2D eigenvalue weighted by Crippen LogP contribution is -2.13. The summed E-state index contributed by atoms with van der Waals surface area (Å²) in [4.78, 5) is 5.01. The van der Waals surface area contributed by atoms with Crippen LogP contribution in [0.1, 0.15) is 22.3 Å². The molecule has 0 bridgehead atoms. The van der Waals surface area contributed by atoms with Crippen LogP contribution in [0.5, 0.6) is 0 Å². The van der Waals surface area contributed by atoms with Gasteiger partial charge in [-0.25, -0.2) is 0 Å². The summed E-state index contributed by atoms with van der Waals surface area (Å²) in [5.74, 6) is 0. The summed E-state index contributed by atoms with van der Waals surface area (Å²) < 4.78 is 0. The van der Waals surface area contributed by atoms with E-state index in [0.717, 1.165) is 34.1 Å². The Hall–Kier alpha value is -8.72. The van der Waals surface area contributed by atoms with E-state index in [1.807, 2.05) is 0 Å². The fourth-order valence-electron chi connectivity index (χ4n) is 10.8. The summed E-state index contributed by atoms with van der Waals surface area (Å²) >= 11 is 0. The summed E-state index contributed by atoms with van der Waals surface area (Å²) in [6, 6.07) is 89.6. The minimum Gasteiger partial charge on any atom is -0.310 e. The highest BCUT2D eigenvalue weighted by atomic mass is 15.2. The molecule has 334 valence electrons. The molecule has 0 aliphatic carbocycles. The van der Waals surface area contributed by atoms with Gasteiger partial charge in [0.25, 0.3) is 0 Å². The fourth-order valence-corrected chi connectivity index (χ4v) is 10.8. The van der Waals surface area contributed by atoms with Gasteiger partial charge in [-0.2, -0.15) is 0 Å². The van der Waals surface area contributed by atoms with Crippen LogP contribution in [-0.2, 0) is 0 Å². The third-order valence-corrected chi connectivity index (χ3v) is 14.1.